The maximum Gasteiger partial charge on any atom is 0.233 e. The van der Waals surface area contributed by atoms with E-state index in [1.54, 1.807) is 18.2 Å². The monoisotopic (exact) mass is 390 g/mol. The van der Waals surface area contributed by atoms with Gasteiger partial charge in [-0.25, -0.2) is 4.39 Å². The Kier molecular flexibility index (Phi) is 4.01. The summed E-state index contributed by atoms with van der Waals surface area (Å²) in [6, 6.07) is 13.3. The number of fused-ring (bicyclic) bond motifs is 1. The first-order chi connectivity index (χ1) is 14.0. The summed E-state index contributed by atoms with van der Waals surface area (Å²) in [5, 5.41) is 16.9. The van der Waals surface area contributed by atoms with Gasteiger partial charge in [-0.3, -0.25) is 4.79 Å². The molecule has 2 aromatic carbocycles. The number of phenols is 1. The first-order valence-electron chi connectivity index (χ1n) is 9.55. The van der Waals surface area contributed by atoms with Crippen LogP contribution >= 0.6 is 0 Å². The highest BCUT2D eigenvalue weighted by Crippen LogP contribution is 2.49. The summed E-state index contributed by atoms with van der Waals surface area (Å²) in [5.74, 6) is -0.0276. The zero-order valence-electron chi connectivity index (χ0n) is 15.8. The van der Waals surface area contributed by atoms with Crippen molar-refractivity contribution in [2.45, 2.75) is 31.6 Å². The summed E-state index contributed by atoms with van der Waals surface area (Å²) in [7, 11) is 0. The average molecular weight is 390 g/mol. The molecule has 0 spiro atoms. The number of hydrogen-bond donors (Lipinski definition) is 2. The lowest BCUT2D eigenvalue weighted by atomic mass is 9.72. The summed E-state index contributed by atoms with van der Waals surface area (Å²) in [6.45, 7) is 1.83. The van der Waals surface area contributed by atoms with Crippen LogP contribution in [0.2, 0.25) is 0 Å². The SMILES string of the molecule is Cc1noc2c1[C@H](c1cccc(F)c1)C1=C(C[C@@H](c3ccc(O)cc3)CC1=O)N2. The van der Waals surface area contributed by atoms with Crippen molar-refractivity contribution >= 4 is 11.7 Å². The number of nitrogens with zero attached hydrogens (tertiary/aromatic N) is 1. The van der Waals surface area contributed by atoms with Crippen LogP contribution in [0, 0.1) is 12.7 Å². The van der Waals surface area contributed by atoms with Crippen molar-refractivity contribution in [2.24, 2.45) is 0 Å². The van der Waals surface area contributed by atoms with Gasteiger partial charge in [-0.1, -0.05) is 29.4 Å². The second-order valence-corrected chi connectivity index (χ2v) is 7.64. The third kappa shape index (κ3) is 2.92. The normalized spacial score (nSPS) is 20.8. The number of allylic oxidation sites excluding steroid dienone is 2. The summed E-state index contributed by atoms with van der Waals surface area (Å²) in [4.78, 5) is 13.3. The van der Waals surface area contributed by atoms with Crippen LogP contribution in [0.3, 0.4) is 0 Å². The lowest BCUT2D eigenvalue weighted by Gasteiger charge is -2.34. The Hall–Kier alpha value is -3.41. The maximum atomic E-state index is 14.0. The quantitative estimate of drug-likeness (QED) is 0.658. The molecule has 0 amide bonds. The Labute approximate surface area is 166 Å². The third-order valence-corrected chi connectivity index (χ3v) is 5.80. The number of carbonyl (C=O) groups is 1. The molecule has 2 heterocycles. The Morgan fingerprint density at radius 3 is 2.69 bits per heavy atom. The van der Waals surface area contributed by atoms with Crippen LogP contribution < -0.4 is 5.32 Å². The largest absolute Gasteiger partial charge is 0.508 e. The van der Waals surface area contributed by atoms with Crippen molar-refractivity contribution in [3.05, 3.63) is 88.0 Å². The van der Waals surface area contributed by atoms with Crippen molar-refractivity contribution in [3.63, 3.8) is 0 Å². The summed E-state index contributed by atoms with van der Waals surface area (Å²) in [6.07, 6.45) is 0.980. The van der Waals surface area contributed by atoms with Crippen LogP contribution in [0.5, 0.6) is 5.75 Å². The smallest absolute Gasteiger partial charge is 0.233 e. The fraction of sp³-hybridized carbons (Fsp3) is 0.217. The molecule has 3 aromatic rings. The van der Waals surface area contributed by atoms with Gasteiger partial charge >= 0.3 is 0 Å². The molecule has 1 aliphatic carbocycles. The minimum Gasteiger partial charge on any atom is -0.508 e. The van der Waals surface area contributed by atoms with Gasteiger partial charge in [0.2, 0.25) is 5.88 Å². The van der Waals surface area contributed by atoms with Gasteiger partial charge in [0.05, 0.1) is 11.3 Å². The number of aromatic hydroxyl groups is 1. The molecule has 5 nitrogen and oxygen atoms in total. The van der Waals surface area contributed by atoms with E-state index in [-0.39, 0.29) is 23.3 Å². The van der Waals surface area contributed by atoms with Gasteiger partial charge < -0.3 is 14.9 Å². The number of phenolic OH excluding ortho intramolecular Hbond substituents is 1. The van der Waals surface area contributed by atoms with Gasteiger partial charge in [0.15, 0.2) is 5.78 Å². The van der Waals surface area contributed by atoms with Crippen molar-refractivity contribution in [1.82, 2.24) is 5.16 Å². The molecule has 6 heteroatoms. The minimum atomic E-state index is -0.406. The molecule has 0 fully saturated rings. The van der Waals surface area contributed by atoms with Gasteiger partial charge in [0.1, 0.15) is 11.6 Å². The lowest BCUT2D eigenvalue weighted by Crippen LogP contribution is -2.29. The number of aryl methyl sites for hydroxylation is 1. The molecule has 2 N–H and O–H groups in total. The van der Waals surface area contributed by atoms with Crippen molar-refractivity contribution < 1.29 is 18.8 Å². The highest BCUT2D eigenvalue weighted by Gasteiger charge is 2.41. The number of benzene rings is 2. The van der Waals surface area contributed by atoms with Crippen LogP contribution in [0.1, 0.15) is 47.1 Å². The second kappa shape index (κ2) is 6.58. The van der Waals surface area contributed by atoms with Crippen LogP contribution in [0.4, 0.5) is 10.3 Å². The average Bonchev–Trinajstić information content (AvgIpc) is 3.07. The highest BCUT2D eigenvalue weighted by atomic mass is 19.1. The van der Waals surface area contributed by atoms with Crippen LogP contribution in [0.25, 0.3) is 0 Å². The maximum absolute atomic E-state index is 14.0. The Morgan fingerprint density at radius 2 is 1.93 bits per heavy atom. The second-order valence-electron chi connectivity index (χ2n) is 7.64. The van der Waals surface area contributed by atoms with E-state index >= 15 is 0 Å². The number of ketones is 1. The van der Waals surface area contributed by atoms with Gasteiger partial charge in [-0.15, -0.1) is 0 Å². The standard InChI is InChI=1S/C23H19FN2O3/c1-12-20-21(14-3-2-4-16(24)9-14)22-18(25-23(20)29-26-12)10-15(11-19(22)28)13-5-7-17(27)8-6-13/h2-9,15,21,25,27H,10-11H2,1H3/t15-,21+/m1/s1. The summed E-state index contributed by atoms with van der Waals surface area (Å²) >= 11 is 0. The number of carbonyl (C=O) groups excluding carboxylic acids is 1. The van der Waals surface area contributed by atoms with E-state index in [0.29, 0.717) is 35.6 Å². The van der Waals surface area contributed by atoms with Crippen LogP contribution in [-0.2, 0) is 4.79 Å². The predicted molar refractivity (Wildman–Crippen MR) is 105 cm³/mol. The Balaban J connectivity index is 1.62. The molecule has 0 unspecified atom stereocenters. The van der Waals surface area contributed by atoms with Crippen LogP contribution in [-0.4, -0.2) is 16.0 Å². The molecule has 2 atom stereocenters. The molecule has 0 radical (unpaired) electrons. The zero-order chi connectivity index (χ0) is 20.1. The first-order valence-corrected chi connectivity index (χ1v) is 9.55. The van der Waals surface area contributed by atoms with Crippen molar-refractivity contribution in [1.29, 1.82) is 0 Å². The van der Waals surface area contributed by atoms with E-state index in [2.05, 4.69) is 10.5 Å². The van der Waals surface area contributed by atoms with Gasteiger partial charge in [-0.05, 0) is 54.7 Å². The lowest BCUT2D eigenvalue weighted by molar-refractivity contribution is -0.116. The molecular formula is C23H19FN2O3. The van der Waals surface area contributed by atoms with E-state index < -0.39 is 5.92 Å². The highest BCUT2D eigenvalue weighted by molar-refractivity contribution is 6.01. The number of nitrogens with one attached hydrogen (secondary N) is 1. The number of aromatic nitrogens is 1. The summed E-state index contributed by atoms with van der Waals surface area (Å²) < 4.78 is 19.5. The fourth-order valence-corrected chi connectivity index (χ4v) is 4.47. The minimum absolute atomic E-state index is 0.00641. The molecule has 0 bridgehead atoms. The molecule has 1 aliphatic heterocycles. The number of Topliss-reactive ketones (excluding diaryl/α,β-unsaturated/α-hetero) is 1. The first kappa shape index (κ1) is 17.7. The van der Waals surface area contributed by atoms with Crippen molar-refractivity contribution in [2.75, 3.05) is 5.32 Å². The topological polar surface area (TPSA) is 75.4 Å². The van der Waals surface area contributed by atoms with E-state index in [0.717, 1.165) is 16.8 Å². The van der Waals surface area contributed by atoms with E-state index in [1.165, 1.54) is 12.1 Å². The van der Waals surface area contributed by atoms with E-state index in [4.69, 9.17) is 4.52 Å². The zero-order valence-corrected chi connectivity index (χ0v) is 15.8. The predicted octanol–water partition coefficient (Wildman–Crippen LogP) is 4.79. The van der Waals surface area contributed by atoms with Gasteiger partial charge in [0, 0.05) is 23.6 Å². The molecular weight excluding hydrogens is 371 g/mol. The fourth-order valence-electron chi connectivity index (χ4n) is 4.47. The molecule has 0 saturated carbocycles. The van der Waals surface area contributed by atoms with Crippen molar-refractivity contribution in [3.8, 4) is 5.75 Å². The van der Waals surface area contributed by atoms with E-state index in [9.17, 15) is 14.3 Å². The Morgan fingerprint density at radius 1 is 1.14 bits per heavy atom. The molecule has 146 valence electrons. The number of anilines is 1. The van der Waals surface area contributed by atoms with Crippen LogP contribution in [0.15, 0.2) is 64.3 Å². The molecule has 1 aromatic heterocycles. The third-order valence-electron chi connectivity index (χ3n) is 5.80. The molecule has 0 saturated heterocycles. The van der Waals surface area contributed by atoms with E-state index in [1.807, 2.05) is 25.1 Å². The number of halogens is 1. The summed E-state index contributed by atoms with van der Waals surface area (Å²) in [5.41, 5.74) is 4.61. The molecule has 2 aliphatic rings. The molecule has 5 rings (SSSR count). The number of hydrogen-bond acceptors (Lipinski definition) is 5. The number of rotatable bonds is 2. The Bertz CT molecular complexity index is 1150. The van der Waals surface area contributed by atoms with Gasteiger partial charge in [0.25, 0.3) is 0 Å². The van der Waals surface area contributed by atoms with Gasteiger partial charge in [-0.2, -0.15) is 0 Å². The molecule has 29 heavy (non-hydrogen) atoms.